The van der Waals surface area contributed by atoms with Crippen molar-refractivity contribution in [3.63, 3.8) is 0 Å². The van der Waals surface area contributed by atoms with Gasteiger partial charge in [-0.05, 0) is 43.0 Å². The van der Waals surface area contributed by atoms with Crippen LogP contribution in [0.4, 0.5) is 5.82 Å². The molecule has 1 atom stereocenters. The molecule has 0 saturated heterocycles. The Hall–Kier alpha value is -2.30. The Balaban J connectivity index is 2.54. The molecule has 1 unspecified atom stereocenters. The molecular weight excluding hydrogens is 268 g/mol. The van der Waals surface area contributed by atoms with Crippen molar-refractivity contribution in [3.05, 3.63) is 30.5 Å². The van der Waals surface area contributed by atoms with Crippen molar-refractivity contribution in [1.29, 1.82) is 0 Å². The van der Waals surface area contributed by atoms with Crippen LogP contribution in [-0.2, 0) is 4.79 Å². The summed E-state index contributed by atoms with van der Waals surface area (Å²) in [5.41, 5.74) is 0. The molecule has 2 aromatic rings. The molecule has 0 saturated carbocycles. The van der Waals surface area contributed by atoms with Crippen molar-refractivity contribution in [2.24, 2.45) is 0 Å². The normalized spacial score (nSPS) is 12.1. The molecule has 1 aromatic heterocycles. The summed E-state index contributed by atoms with van der Waals surface area (Å²) in [5, 5.41) is 11.1. The highest BCUT2D eigenvalue weighted by Gasteiger charge is 2.19. The first kappa shape index (κ1) is 15.1. The number of hydrogen-bond donors (Lipinski definition) is 1. The zero-order valence-corrected chi connectivity index (χ0v) is 12.5. The lowest BCUT2D eigenvalue weighted by Crippen LogP contribution is -2.37. The average Bonchev–Trinajstić information content (AvgIpc) is 2.50. The largest absolute Gasteiger partial charge is 0.497 e. The number of carbonyl (C=O) groups is 1. The molecule has 0 radical (unpaired) electrons. The van der Waals surface area contributed by atoms with E-state index in [1.54, 1.807) is 13.3 Å². The summed E-state index contributed by atoms with van der Waals surface area (Å²) < 4.78 is 5.23. The Kier molecular flexibility index (Phi) is 4.62. The van der Waals surface area contributed by atoms with Gasteiger partial charge in [-0.25, -0.2) is 4.98 Å². The van der Waals surface area contributed by atoms with Crippen LogP contribution in [0.1, 0.15) is 20.3 Å². The van der Waals surface area contributed by atoms with Crippen LogP contribution in [0.5, 0.6) is 5.75 Å². The number of hydrogen-bond acceptors (Lipinski definition) is 4. The Morgan fingerprint density at radius 2 is 2.19 bits per heavy atom. The van der Waals surface area contributed by atoms with Gasteiger partial charge in [0, 0.05) is 17.6 Å². The van der Waals surface area contributed by atoms with E-state index in [1.165, 1.54) is 0 Å². The van der Waals surface area contributed by atoms with Crippen LogP contribution in [0.15, 0.2) is 30.5 Å². The van der Waals surface area contributed by atoms with Gasteiger partial charge < -0.3 is 14.7 Å². The maximum absolute atomic E-state index is 11.2. The van der Waals surface area contributed by atoms with Crippen molar-refractivity contribution in [1.82, 2.24) is 4.98 Å². The van der Waals surface area contributed by atoms with Crippen LogP contribution in [0.25, 0.3) is 10.8 Å². The molecule has 0 aliphatic rings. The molecule has 0 fully saturated rings. The molecule has 112 valence electrons. The van der Waals surface area contributed by atoms with Crippen LogP contribution < -0.4 is 9.64 Å². The summed E-state index contributed by atoms with van der Waals surface area (Å²) in [7, 11) is 1.62. The zero-order chi connectivity index (χ0) is 15.4. The predicted octanol–water partition coefficient (Wildman–Crippen LogP) is 2.93. The lowest BCUT2D eigenvalue weighted by Gasteiger charge is -2.29. The van der Waals surface area contributed by atoms with Crippen molar-refractivity contribution >= 4 is 22.6 Å². The van der Waals surface area contributed by atoms with Crippen molar-refractivity contribution < 1.29 is 14.6 Å². The zero-order valence-electron chi connectivity index (χ0n) is 12.5. The maximum Gasteiger partial charge on any atom is 0.323 e. The van der Waals surface area contributed by atoms with E-state index in [9.17, 15) is 4.79 Å². The van der Waals surface area contributed by atoms with Crippen LogP contribution in [0, 0.1) is 0 Å². The SMILES string of the molecule is CCC(C)N(CC(=O)O)c1nccc2cc(OC)ccc12. The number of nitrogens with zero attached hydrogens (tertiary/aromatic N) is 2. The number of anilines is 1. The van der Waals surface area contributed by atoms with Gasteiger partial charge in [-0.3, -0.25) is 4.79 Å². The predicted molar refractivity (Wildman–Crippen MR) is 83.0 cm³/mol. The first-order valence-corrected chi connectivity index (χ1v) is 6.98. The summed E-state index contributed by atoms with van der Waals surface area (Å²) in [6.07, 6.45) is 2.55. The van der Waals surface area contributed by atoms with E-state index in [0.29, 0.717) is 5.82 Å². The fourth-order valence-corrected chi connectivity index (χ4v) is 2.30. The Morgan fingerprint density at radius 3 is 2.81 bits per heavy atom. The fourth-order valence-electron chi connectivity index (χ4n) is 2.30. The lowest BCUT2D eigenvalue weighted by molar-refractivity contribution is -0.135. The molecule has 0 bridgehead atoms. The van der Waals surface area contributed by atoms with Crippen molar-refractivity contribution in [2.45, 2.75) is 26.3 Å². The molecule has 1 aromatic carbocycles. The smallest absolute Gasteiger partial charge is 0.323 e. The van der Waals surface area contributed by atoms with E-state index < -0.39 is 5.97 Å². The molecular formula is C16H20N2O3. The summed E-state index contributed by atoms with van der Waals surface area (Å²) >= 11 is 0. The maximum atomic E-state index is 11.2. The highest BCUT2D eigenvalue weighted by Crippen LogP contribution is 2.29. The number of fused-ring (bicyclic) bond motifs is 1. The minimum atomic E-state index is -0.859. The Bertz CT molecular complexity index is 642. The number of aliphatic carboxylic acids is 1. The third-order valence-electron chi connectivity index (χ3n) is 3.65. The van der Waals surface area contributed by atoms with E-state index in [0.717, 1.165) is 22.9 Å². The molecule has 5 heteroatoms. The third kappa shape index (κ3) is 3.24. The van der Waals surface area contributed by atoms with E-state index >= 15 is 0 Å². The minimum Gasteiger partial charge on any atom is -0.497 e. The number of methoxy groups -OCH3 is 1. The number of rotatable bonds is 6. The Morgan fingerprint density at radius 1 is 1.43 bits per heavy atom. The first-order valence-electron chi connectivity index (χ1n) is 6.98. The van der Waals surface area contributed by atoms with Gasteiger partial charge in [0.05, 0.1) is 7.11 Å². The van der Waals surface area contributed by atoms with Gasteiger partial charge in [0.1, 0.15) is 18.1 Å². The molecule has 1 heterocycles. The van der Waals surface area contributed by atoms with Gasteiger partial charge >= 0.3 is 5.97 Å². The van der Waals surface area contributed by atoms with Crippen LogP contribution in [0.2, 0.25) is 0 Å². The second-order valence-electron chi connectivity index (χ2n) is 5.00. The molecule has 0 aliphatic heterocycles. The van der Waals surface area contributed by atoms with Gasteiger partial charge in [0.2, 0.25) is 0 Å². The molecule has 1 N–H and O–H groups in total. The summed E-state index contributed by atoms with van der Waals surface area (Å²) in [6.45, 7) is 3.98. The van der Waals surface area contributed by atoms with Gasteiger partial charge in [-0.1, -0.05) is 6.92 Å². The fraction of sp³-hybridized carbons (Fsp3) is 0.375. The minimum absolute atomic E-state index is 0.0624. The van der Waals surface area contributed by atoms with Gasteiger partial charge in [0.25, 0.3) is 0 Å². The second kappa shape index (κ2) is 6.43. The molecule has 0 aliphatic carbocycles. The van der Waals surface area contributed by atoms with Crippen LogP contribution >= 0.6 is 0 Å². The Labute approximate surface area is 124 Å². The lowest BCUT2D eigenvalue weighted by atomic mass is 10.1. The van der Waals surface area contributed by atoms with Gasteiger partial charge in [-0.2, -0.15) is 0 Å². The number of carboxylic acids is 1. The summed E-state index contributed by atoms with van der Waals surface area (Å²) in [5.74, 6) is 0.613. The molecule has 21 heavy (non-hydrogen) atoms. The third-order valence-corrected chi connectivity index (χ3v) is 3.65. The second-order valence-corrected chi connectivity index (χ2v) is 5.00. The van der Waals surface area contributed by atoms with Gasteiger partial charge in [0.15, 0.2) is 0 Å². The first-order chi connectivity index (χ1) is 10.1. The van der Waals surface area contributed by atoms with E-state index in [-0.39, 0.29) is 12.6 Å². The highest BCUT2D eigenvalue weighted by atomic mass is 16.5. The molecule has 2 rings (SSSR count). The number of ether oxygens (including phenoxy) is 1. The quantitative estimate of drug-likeness (QED) is 0.885. The highest BCUT2D eigenvalue weighted by molar-refractivity contribution is 5.94. The molecule has 5 nitrogen and oxygen atoms in total. The standard InChI is InChI=1S/C16H20N2O3/c1-4-11(2)18(10-15(19)20)16-14-6-5-13(21-3)9-12(14)7-8-17-16/h5-9,11H,4,10H2,1-3H3,(H,19,20). The van der Waals surface area contributed by atoms with Crippen molar-refractivity contribution in [3.8, 4) is 5.75 Å². The van der Waals surface area contributed by atoms with E-state index in [4.69, 9.17) is 9.84 Å². The van der Waals surface area contributed by atoms with Crippen LogP contribution in [-0.4, -0.2) is 35.8 Å². The van der Waals surface area contributed by atoms with Crippen LogP contribution in [0.3, 0.4) is 0 Å². The number of aromatic nitrogens is 1. The molecule has 0 amide bonds. The van der Waals surface area contributed by atoms with E-state index in [1.807, 2.05) is 43.0 Å². The average molecular weight is 288 g/mol. The molecule has 0 spiro atoms. The van der Waals surface area contributed by atoms with Gasteiger partial charge in [-0.15, -0.1) is 0 Å². The van der Waals surface area contributed by atoms with Crippen molar-refractivity contribution in [2.75, 3.05) is 18.6 Å². The monoisotopic (exact) mass is 288 g/mol. The number of benzene rings is 1. The summed E-state index contributed by atoms with van der Waals surface area (Å²) in [4.78, 5) is 17.4. The topological polar surface area (TPSA) is 62.7 Å². The summed E-state index contributed by atoms with van der Waals surface area (Å²) in [6, 6.07) is 7.71. The van der Waals surface area contributed by atoms with E-state index in [2.05, 4.69) is 4.98 Å². The number of carboxylic acid groups (broad SMARTS) is 1. The number of pyridine rings is 1.